The van der Waals surface area contributed by atoms with Crippen LogP contribution in [0.4, 0.5) is 0 Å². The molecule has 0 bridgehead atoms. The molecule has 1 aliphatic carbocycles. The van der Waals surface area contributed by atoms with Gasteiger partial charge in [0.15, 0.2) is 0 Å². The highest BCUT2D eigenvalue weighted by Gasteiger charge is 2.35. The summed E-state index contributed by atoms with van der Waals surface area (Å²) in [6, 6.07) is 15.2. The Balaban J connectivity index is 1.46. The van der Waals surface area contributed by atoms with Crippen LogP contribution in [-0.2, 0) is 20.9 Å². The van der Waals surface area contributed by atoms with Crippen molar-refractivity contribution < 1.29 is 14.3 Å². The molecule has 7 nitrogen and oxygen atoms in total. The topological polar surface area (TPSA) is 76.5 Å². The number of nitrogens with one attached hydrogen (secondary N) is 1. The number of benzene rings is 2. The summed E-state index contributed by atoms with van der Waals surface area (Å²) in [5, 5.41) is 3.29. The maximum atomic E-state index is 14.0. The Bertz CT molecular complexity index is 1180. The highest BCUT2D eigenvalue weighted by atomic mass is 16.5. The van der Waals surface area contributed by atoms with Gasteiger partial charge in [-0.25, -0.2) is 4.98 Å². The number of ether oxygens (including phenoxy) is 1. The van der Waals surface area contributed by atoms with Gasteiger partial charge in [0.2, 0.25) is 11.8 Å². The number of amides is 2. The van der Waals surface area contributed by atoms with Gasteiger partial charge in [0, 0.05) is 19.2 Å². The lowest BCUT2D eigenvalue weighted by atomic mass is 9.94. The number of carbonyl (C=O) groups excluding carboxylic acids is 2. The molecular weight excluding hydrogens is 452 g/mol. The quantitative estimate of drug-likeness (QED) is 0.505. The van der Waals surface area contributed by atoms with E-state index in [0.29, 0.717) is 13.2 Å². The molecule has 190 valence electrons. The predicted molar refractivity (Wildman–Crippen MR) is 139 cm³/mol. The molecular formula is C29H36N4O3. The van der Waals surface area contributed by atoms with E-state index >= 15 is 0 Å². The Hall–Kier alpha value is -3.19. The summed E-state index contributed by atoms with van der Waals surface area (Å²) in [7, 11) is 0. The summed E-state index contributed by atoms with van der Waals surface area (Å²) in [4.78, 5) is 34.0. The smallest absolute Gasteiger partial charge is 0.247 e. The van der Waals surface area contributed by atoms with Crippen molar-refractivity contribution in [1.82, 2.24) is 19.8 Å². The molecule has 1 N–H and O–H groups in total. The number of para-hydroxylation sites is 2. The molecule has 2 amide bonds. The largest absolute Gasteiger partial charge is 0.376 e. The first-order valence-electron chi connectivity index (χ1n) is 13.3. The Kier molecular flexibility index (Phi) is 7.66. The highest BCUT2D eigenvalue weighted by Crippen LogP contribution is 2.27. The van der Waals surface area contributed by atoms with Crippen LogP contribution in [0.1, 0.15) is 62.1 Å². The van der Waals surface area contributed by atoms with E-state index in [0.717, 1.165) is 60.7 Å². The molecule has 2 aliphatic rings. The molecule has 2 aromatic carbocycles. The summed E-state index contributed by atoms with van der Waals surface area (Å²) in [5.41, 5.74) is 3.70. The van der Waals surface area contributed by atoms with Gasteiger partial charge in [-0.3, -0.25) is 9.59 Å². The molecule has 3 aromatic rings. The second kappa shape index (κ2) is 11.2. The lowest BCUT2D eigenvalue weighted by Gasteiger charge is -2.35. The Morgan fingerprint density at radius 3 is 2.58 bits per heavy atom. The van der Waals surface area contributed by atoms with Crippen LogP contribution in [0.5, 0.6) is 0 Å². The number of rotatable bonds is 8. The molecule has 0 spiro atoms. The predicted octanol–water partition coefficient (Wildman–Crippen LogP) is 4.54. The van der Waals surface area contributed by atoms with Gasteiger partial charge in [-0.2, -0.15) is 0 Å². The van der Waals surface area contributed by atoms with Gasteiger partial charge in [-0.1, -0.05) is 61.2 Å². The van der Waals surface area contributed by atoms with Crippen molar-refractivity contribution in [2.75, 3.05) is 13.2 Å². The van der Waals surface area contributed by atoms with E-state index in [1.807, 2.05) is 60.0 Å². The van der Waals surface area contributed by atoms with Crippen molar-refractivity contribution in [3.63, 3.8) is 0 Å². The third-order valence-electron chi connectivity index (χ3n) is 7.48. The average Bonchev–Trinajstić information content (AvgIpc) is 3.56. The first kappa shape index (κ1) is 24.5. The number of nitrogens with zero attached hydrogens (tertiary/aromatic N) is 3. The maximum Gasteiger partial charge on any atom is 0.247 e. The summed E-state index contributed by atoms with van der Waals surface area (Å²) in [5.74, 6) is -0.217. The monoisotopic (exact) mass is 488 g/mol. The summed E-state index contributed by atoms with van der Waals surface area (Å²) < 4.78 is 7.80. The van der Waals surface area contributed by atoms with Crippen molar-refractivity contribution in [3.05, 3.63) is 66.0 Å². The zero-order valence-electron chi connectivity index (χ0n) is 21.1. The van der Waals surface area contributed by atoms with Crippen molar-refractivity contribution >= 4 is 22.8 Å². The number of aromatic nitrogens is 2. The van der Waals surface area contributed by atoms with Crippen molar-refractivity contribution in [1.29, 1.82) is 0 Å². The van der Waals surface area contributed by atoms with Crippen LogP contribution in [0.2, 0.25) is 0 Å². The minimum absolute atomic E-state index is 0.0658. The minimum Gasteiger partial charge on any atom is -0.376 e. The second-order valence-corrected chi connectivity index (χ2v) is 10.2. The summed E-state index contributed by atoms with van der Waals surface area (Å²) >= 11 is 0. The fourth-order valence-electron chi connectivity index (χ4n) is 5.48. The molecule has 1 saturated heterocycles. The number of hydrogen-bond donors (Lipinski definition) is 1. The van der Waals surface area contributed by atoms with E-state index in [9.17, 15) is 9.59 Å². The molecule has 36 heavy (non-hydrogen) atoms. The lowest BCUT2D eigenvalue weighted by Crippen LogP contribution is -2.49. The molecule has 5 rings (SSSR count). The molecule has 2 unspecified atom stereocenters. The number of carbonyl (C=O) groups is 2. The number of hydrogen-bond acceptors (Lipinski definition) is 4. The van der Waals surface area contributed by atoms with E-state index in [-0.39, 0.29) is 30.5 Å². The van der Waals surface area contributed by atoms with Gasteiger partial charge in [-0.15, -0.1) is 0 Å². The van der Waals surface area contributed by atoms with Crippen molar-refractivity contribution in [2.24, 2.45) is 0 Å². The standard InChI is InChI=1S/C29H36N4O3/c1-21-13-15-22(16-14-21)28(29(35)31-23-8-3-2-4-9-23)33(18-24-10-7-17-36-24)27(34)19-32-20-30-25-11-5-6-12-26(25)32/h5-6,11-16,20,23-24,28H,2-4,7-10,17-19H2,1H3,(H,31,35). The van der Waals surface area contributed by atoms with E-state index in [4.69, 9.17) is 4.74 Å². The summed E-state index contributed by atoms with van der Waals surface area (Å²) in [6.45, 7) is 3.23. The molecule has 2 atom stereocenters. The molecule has 2 heterocycles. The van der Waals surface area contributed by atoms with Gasteiger partial charge < -0.3 is 19.5 Å². The number of aryl methyl sites for hydroxylation is 1. The lowest BCUT2D eigenvalue weighted by molar-refractivity contribution is -0.143. The van der Waals surface area contributed by atoms with Gasteiger partial charge in [0.05, 0.1) is 23.5 Å². The molecule has 2 fully saturated rings. The molecule has 1 aliphatic heterocycles. The van der Waals surface area contributed by atoms with Crippen LogP contribution >= 0.6 is 0 Å². The van der Waals surface area contributed by atoms with Crippen molar-refractivity contribution in [3.8, 4) is 0 Å². The zero-order chi connectivity index (χ0) is 24.9. The molecule has 1 aromatic heterocycles. The van der Waals surface area contributed by atoms with Crippen LogP contribution < -0.4 is 5.32 Å². The SMILES string of the molecule is Cc1ccc(C(C(=O)NC2CCCCC2)N(CC2CCCO2)C(=O)Cn2cnc3ccccc32)cc1. The summed E-state index contributed by atoms with van der Waals surface area (Å²) in [6.07, 6.45) is 8.97. The van der Waals surface area contributed by atoms with Crippen LogP contribution in [-0.4, -0.2) is 51.6 Å². The van der Waals surface area contributed by atoms with Gasteiger partial charge in [0.25, 0.3) is 0 Å². The van der Waals surface area contributed by atoms with Gasteiger partial charge >= 0.3 is 0 Å². The van der Waals surface area contributed by atoms with E-state index in [1.165, 1.54) is 6.42 Å². The average molecular weight is 489 g/mol. The fourth-order valence-corrected chi connectivity index (χ4v) is 5.48. The molecule has 7 heteroatoms. The van der Waals surface area contributed by atoms with E-state index < -0.39 is 6.04 Å². The third-order valence-corrected chi connectivity index (χ3v) is 7.48. The fraction of sp³-hybridized carbons (Fsp3) is 0.483. The molecule has 0 radical (unpaired) electrons. The van der Waals surface area contributed by atoms with E-state index in [2.05, 4.69) is 10.3 Å². The Morgan fingerprint density at radius 2 is 1.83 bits per heavy atom. The first-order chi connectivity index (χ1) is 17.6. The Morgan fingerprint density at radius 1 is 1.06 bits per heavy atom. The zero-order valence-corrected chi connectivity index (χ0v) is 21.1. The Labute approximate surface area is 212 Å². The number of fused-ring (bicyclic) bond motifs is 1. The van der Waals surface area contributed by atoms with Gasteiger partial charge in [0.1, 0.15) is 12.6 Å². The van der Waals surface area contributed by atoms with Crippen LogP contribution in [0.15, 0.2) is 54.9 Å². The normalized spacial score (nSPS) is 19.3. The van der Waals surface area contributed by atoms with Crippen LogP contribution in [0.3, 0.4) is 0 Å². The van der Waals surface area contributed by atoms with Crippen LogP contribution in [0.25, 0.3) is 11.0 Å². The van der Waals surface area contributed by atoms with Crippen molar-refractivity contribution in [2.45, 2.75) is 76.6 Å². The minimum atomic E-state index is -0.709. The molecule has 1 saturated carbocycles. The highest BCUT2D eigenvalue weighted by molar-refractivity contribution is 5.89. The van der Waals surface area contributed by atoms with E-state index in [1.54, 1.807) is 11.2 Å². The second-order valence-electron chi connectivity index (χ2n) is 10.2. The first-order valence-corrected chi connectivity index (χ1v) is 13.3. The number of imidazole rings is 1. The maximum absolute atomic E-state index is 14.0. The van der Waals surface area contributed by atoms with Gasteiger partial charge in [-0.05, 0) is 50.3 Å². The van der Waals surface area contributed by atoms with Crippen LogP contribution in [0, 0.1) is 6.92 Å². The third kappa shape index (κ3) is 5.62.